The van der Waals surface area contributed by atoms with Gasteiger partial charge >= 0.3 is 0 Å². The summed E-state index contributed by atoms with van der Waals surface area (Å²) in [6.07, 6.45) is 1.20. The molecule has 10 heteroatoms. The zero-order chi connectivity index (χ0) is 21.2. The Balaban J connectivity index is 1.67. The lowest BCUT2D eigenvalue weighted by molar-refractivity contribution is -0.120. The Hall–Kier alpha value is -1.02. The van der Waals surface area contributed by atoms with Gasteiger partial charge in [-0.15, -0.1) is 0 Å². The molecule has 1 aliphatic rings. The summed E-state index contributed by atoms with van der Waals surface area (Å²) in [5, 5.41) is 4.17. The average Bonchev–Trinajstić information content (AvgIpc) is 2.67. The van der Waals surface area contributed by atoms with Crippen LogP contribution in [-0.2, 0) is 20.6 Å². The van der Waals surface area contributed by atoms with E-state index in [1.165, 1.54) is 4.31 Å². The third-order valence-electron chi connectivity index (χ3n) is 4.67. The molecule has 1 saturated heterocycles. The minimum Gasteiger partial charge on any atom is -0.326 e. The number of hydrogen-bond donors (Lipinski definition) is 1. The standard InChI is InChI=1S/C19H18Cl4N2O3S/c20-15-5-3-12(8-17(15)22)11-29(27,28)25-7-1-2-13(10-25)19(26)24-14-4-6-16(21)18(23)9-14/h3-6,8-9,13H,1-2,7,10-11H2,(H,24,26). The van der Waals surface area contributed by atoms with Gasteiger partial charge in [0.1, 0.15) is 0 Å². The van der Waals surface area contributed by atoms with Crippen LogP contribution in [0.5, 0.6) is 0 Å². The van der Waals surface area contributed by atoms with Gasteiger partial charge in [0.15, 0.2) is 0 Å². The average molecular weight is 496 g/mol. The highest BCUT2D eigenvalue weighted by molar-refractivity contribution is 7.88. The van der Waals surface area contributed by atoms with Crippen LogP contribution in [0.2, 0.25) is 20.1 Å². The number of carbonyl (C=O) groups excluding carboxylic acids is 1. The van der Waals surface area contributed by atoms with Crippen LogP contribution in [0, 0.1) is 5.92 Å². The number of amides is 1. The summed E-state index contributed by atoms with van der Waals surface area (Å²) >= 11 is 23.7. The molecule has 1 N–H and O–H groups in total. The van der Waals surface area contributed by atoms with E-state index in [9.17, 15) is 13.2 Å². The molecule has 156 valence electrons. The smallest absolute Gasteiger partial charge is 0.228 e. The highest BCUT2D eigenvalue weighted by Crippen LogP contribution is 2.28. The van der Waals surface area contributed by atoms with Crippen molar-refractivity contribution in [1.82, 2.24) is 4.31 Å². The van der Waals surface area contributed by atoms with E-state index in [4.69, 9.17) is 46.4 Å². The molecule has 0 radical (unpaired) electrons. The number of rotatable bonds is 5. The van der Waals surface area contributed by atoms with Crippen LogP contribution in [0.25, 0.3) is 0 Å². The van der Waals surface area contributed by atoms with E-state index in [1.807, 2.05) is 0 Å². The number of nitrogens with zero attached hydrogens (tertiary/aromatic N) is 1. The molecule has 0 aliphatic carbocycles. The molecule has 1 aliphatic heterocycles. The first-order valence-corrected chi connectivity index (χ1v) is 12.0. The van der Waals surface area contributed by atoms with E-state index >= 15 is 0 Å². The molecule has 29 heavy (non-hydrogen) atoms. The molecule has 3 rings (SSSR count). The maximum Gasteiger partial charge on any atom is 0.228 e. The van der Waals surface area contributed by atoms with E-state index in [-0.39, 0.29) is 18.2 Å². The van der Waals surface area contributed by atoms with Gasteiger partial charge in [-0.05, 0) is 48.7 Å². The number of halogens is 4. The molecule has 2 aromatic carbocycles. The van der Waals surface area contributed by atoms with Crippen LogP contribution < -0.4 is 5.32 Å². The van der Waals surface area contributed by atoms with Gasteiger partial charge in [0, 0.05) is 18.8 Å². The normalized spacial score (nSPS) is 17.9. The predicted molar refractivity (Wildman–Crippen MR) is 118 cm³/mol. The Kier molecular flexibility index (Phi) is 7.36. The van der Waals surface area contributed by atoms with Crippen molar-refractivity contribution in [1.29, 1.82) is 0 Å². The number of benzene rings is 2. The third kappa shape index (κ3) is 5.78. The highest BCUT2D eigenvalue weighted by Gasteiger charge is 2.32. The van der Waals surface area contributed by atoms with Crippen LogP contribution in [0.3, 0.4) is 0 Å². The lowest BCUT2D eigenvalue weighted by atomic mass is 9.99. The molecule has 1 fully saturated rings. The van der Waals surface area contributed by atoms with Crippen molar-refractivity contribution in [3.8, 4) is 0 Å². The molecule has 0 saturated carbocycles. The molecule has 0 spiro atoms. The predicted octanol–water partition coefficient (Wildman–Crippen LogP) is 5.48. The fraction of sp³-hybridized carbons (Fsp3) is 0.316. The topological polar surface area (TPSA) is 66.5 Å². The lowest BCUT2D eigenvalue weighted by Crippen LogP contribution is -2.44. The van der Waals surface area contributed by atoms with E-state index in [0.717, 1.165) is 0 Å². The number of piperidine rings is 1. The summed E-state index contributed by atoms with van der Waals surface area (Å²) in [5.74, 6) is -0.912. The van der Waals surface area contributed by atoms with Crippen LogP contribution >= 0.6 is 46.4 Å². The quantitative estimate of drug-likeness (QED) is 0.597. The Morgan fingerprint density at radius 3 is 2.31 bits per heavy atom. The van der Waals surface area contributed by atoms with Gasteiger partial charge in [0.25, 0.3) is 0 Å². The fourth-order valence-corrected chi connectivity index (χ4v) is 5.38. The van der Waals surface area contributed by atoms with Gasteiger partial charge in [-0.2, -0.15) is 0 Å². The largest absolute Gasteiger partial charge is 0.326 e. The Morgan fingerprint density at radius 1 is 1.00 bits per heavy atom. The molecule has 2 aromatic rings. The summed E-state index contributed by atoms with van der Waals surface area (Å²) in [4.78, 5) is 12.6. The summed E-state index contributed by atoms with van der Waals surface area (Å²) in [6, 6.07) is 9.54. The second kappa shape index (κ2) is 9.41. The second-order valence-corrected chi connectivity index (χ2v) is 10.4. The third-order valence-corrected chi connectivity index (χ3v) is 7.96. The monoisotopic (exact) mass is 494 g/mol. The first-order chi connectivity index (χ1) is 13.7. The van der Waals surface area contributed by atoms with Crippen molar-refractivity contribution in [2.75, 3.05) is 18.4 Å². The van der Waals surface area contributed by atoms with Gasteiger partial charge in [-0.1, -0.05) is 52.5 Å². The number of hydrogen-bond acceptors (Lipinski definition) is 3. The molecular weight excluding hydrogens is 478 g/mol. The minimum absolute atomic E-state index is 0.122. The zero-order valence-corrected chi connectivity index (χ0v) is 19.0. The van der Waals surface area contributed by atoms with Crippen molar-refractivity contribution >= 4 is 68.0 Å². The fourth-order valence-electron chi connectivity index (χ4n) is 3.16. The van der Waals surface area contributed by atoms with E-state index in [1.54, 1.807) is 36.4 Å². The van der Waals surface area contributed by atoms with Gasteiger partial charge in [0.2, 0.25) is 15.9 Å². The summed E-state index contributed by atoms with van der Waals surface area (Å²) in [7, 11) is -3.60. The number of carbonyl (C=O) groups is 1. The molecule has 1 unspecified atom stereocenters. The molecule has 5 nitrogen and oxygen atoms in total. The Bertz CT molecular complexity index is 1030. The Labute approximate surface area is 189 Å². The minimum atomic E-state index is -3.60. The van der Waals surface area contributed by atoms with Crippen molar-refractivity contribution < 1.29 is 13.2 Å². The van der Waals surface area contributed by atoms with E-state index in [0.29, 0.717) is 50.7 Å². The first-order valence-electron chi connectivity index (χ1n) is 8.83. The number of sulfonamides is 1. The number of anilines is 1. The summed E-state index contributed by atoms with van der Waals surface area (Å²) in [6.45, 7) is 0.497. The SMILES string of the molecule is O=C(Nc1ccc(Cl)c(Cl)c1)C1CCCN(S(=O)(=O)Cc2ccc(Cl)c(Cl)c2)C1. The maximum atomic E-state index is 12.8. The van der Waals surface area contributed by atoms with E-state index < -0.39 is 15.9 Å². The lowest BCUT2D eigenvalue weighted by Gasteiger charge is -2.31. The summed E-state index contributed by atoms with van der Waals surface area (Å²) in [5.41, 5.74) is 1.06. The Morgan fingerprint density at radius 2 is 1.66 bits per heavy atom. The molecule has 1 amide bonds. The van der Waals surface area contributed by atoms with Crippen LogP contribution in [-0.4, -0.2) is 31.7 Å². The van der Waals surface area contributed by atoms with Crippen molar-refractivity contribution in [3.63, 3.8) is 0 Å². The van der Waals surface area contributed by atoms with Gasteiger partial charge in [-0.3, -0.25) is 4.79 Å². The van der Waals surface area contributed by atoms with E-state index in [2.05, 4.69) is 5.32 Å². The summed E-state index contributed by atoms with van der Waals surface area (Å²) < 4.78 is 27.1. The first kappa shape index (κ1) is 22.7. The number of nitrogens with one attached hydrogen (secondary N) is 1. The van der Waals surface area contributed by atoms with Crippen molar-refractivity contribution in [3.05, 3.63) is 62.1 Å². The molecular formula is C19H18Cl4N2O3S. The molecule has 0 aromatic heterocycles. The van der Waals surface area contributed by atoms with Crippen LogP contribution in [0.1, 0.15) is 18.4 Å². The van der Waals surface area contributed by atoms with Crippen molar-refractivity contribution in [2.24, 2.45) is 5.92 Å². The molecule has 0 bridgehead atoms. The van der Waals surface area contributed by atoms with Gasteiger partial charge in [-0.25, -0.2) is 12.7 Å². The van der Waals surface area contributed by atoms with Crippen LogP contribution in [0.15, 0.2) is 36.4 Å². The maximum absolute atomic E-state index is 12.8. The van der Waals surface area contributed by atoms with Gasteiger partial charge in [0.05, 0.1) is 31.8 Å². The second-order valence-electron chi connectivity index (χ2n) is 6.82. The highest BCUT2D eigenvalue weighted by atomic mass is 35.5. The van der Waals surface area contributed by atoms with Crippen LogP contribution in [0.4, 0.5) is 5.69 Å². The van der Waals surface area contributed by atoms with Crippen molar-refractivity contribution in [2.45, 2.75) is 18.6 Å². The van der Waals surface area contributed by atoms with Gasteiger partial charge < -0.3 is 5.32 Å². The zero-order valence-electron chi connectivity index (χ0n) is 15.2. The molecule has 1 atom stereocenters. The molecule has 1 heterocycles.